The molecule has 1 heterocycles. The Morgan fingerprint density at radius 2 is 2.33 bits per heavy atom. The molecule has 1 aromatic carbocycles. The van der Waals surface area contributed by atoms with Crippen LogP contribution in [0.1, 0.15) is 13.3 Å². The van der Waals surface area contributed by atoms with Gasteiger partial charge >= 0.3 is 0 Å². The first-order valence-corrected chi connectivity index (χ1v) is 5.11. The van der Waals surface area contributed by atoms with Crippen molar-refractivity contribution in [2.24, 2.45) is 0 Å². The molecule has 0 amide bonds. The first kappa shape index (κ1) is 9.83. The average molecular weight is 205 g/mol. The van der Waals surface area contributed by atoms with Crippen LogP contribution in [-0.2, 0) is 0 Å². The highest BCUT2D eigenvalue weighted by atomic mass is 16.5. The van der Waals surface area contributed by atoms with Gasteiger partial charge in [-0.3, -0.25) is 5.10 Å². The van der Waals surface area contributed by atoms with Gasteiger partial charge in [-0.1, -0.05) is 6.92 Å². The van der Waals surface area contributed by atoms with Crippen LogP contribution in [0.4, 0.5) is 5.82 Å². The maximum absolute atomic E-state index is 5.18. The molecular formula is C11H15N3O. The number of nitrogens with one attached hydrogen (secondary N) is 2. The van der Waals surface area contributed by atoms with Gasteiger partial charge in [0.05, 0.1) is 12.6 Å². The van der Waals surface area contributed by atoms with Crippen molar-refractivity contribution in [2.45, 2.75) is 13.3 Å². The van der Waals surface area contributed by atoms with Gasteiger partial charge in [0.1, 0.15) is 5.75 Å². The molecule has 0 unspecified atom stereocenters. The third-order valence-corrected chi connectivity index (χ3v) is 2.31. The van der Waals surface area contributed by atoms with Gasteiger partial charge in [0.25, 0.3) is 0 Å². The van der Waals surface area contributed by atoms with Crippen LogP contribution >= 0.6 is 0 Å². The van der Waals surface area contributed by atoms with Crippen LogP contribution in [-0.4, -0.2) is 23.9 Å². The second-order valence-electron chi connectivity index (χ2n) is 3.41. The number of aromatic nitrogens is 2. The SMILES string of the molecule is CCCNc1n[nH]c2ccc(OC)cc12. The van der Waals surface area contributed by atoms with E-state index >= 15 is 0 Å². The monoisotopic (exact) mass is 205 g/mol. The number of benzene rings is 1. The van der Waals surface area contributed by atoms with Gasteiger partial charge in [0, 0.05) is 11.9 Å². The highest BCUT2D eigenvalue weighted by Gasteiger charge is 2.05. The normalized spacial score (nSPS) is 10.5. The van der Waals surface area contributed by atoms with Crippen molar-refractivity contribution in [3.63, 3.8) is 0 Å². The average Bonchev–Trinajstić information content (AvgIpc) is 2.68. The molecule has 0 aliphatic heterocycles. The molecule has 4 nitrogen and oxygen atoms in total. The van der Waals surface area contributed by atoms with E-state index in [9.17, 15) is 0 Å². The highest BCUT2D eigenvalue weighted by Crippen LogP contribution is 2.24. The van der Waals surface area contributed by atoms with Gasteiger partial charge in [-0.2, -0.15) is 5.10 Å². The summed E-state index contributed by atoms with van der Waals surface area (Å²) >= 11 is 0. The summed E-state index contributed by atoms with van der Waals surface area (Å²) in [7, 11) is 1.67. The molecular weight excluding hydrogens is 190 g/mol. The van der Waals surface area contributed by atoms with Gasteiger partial charge in [-0.05, 0) is 24.6 Å². The van der Waals surface area contributed by atoms with Crippen LogP contribution in [0.25, 0.3) is 10.9 Å². The smallest absolute Gasteiger partial charge is 0.155 e. The van der Waals surface area contributed by atoms with Crippen molar-refractivity contribution in [1.29, 1.82) is 0 Å². The Labute approximate surface area is 88.6 Å². The van der Waals surface area contributed by atoms with Gasteiger partial charge < -0.3 is 10.1 Å². The lowest BCUT2D eigenvalue weighted by Gasteiger charge is -2.02. The van der Waals surface area contributed by atoms with Crippen LogP contribution in [0.2, 0.25) is 0 Å². The Hall–Kier alpha value is -1.71. The topological polar surface area (TPSA) is 49.9 Å². The summed E-state index contributed by atoms with van der Waals surface area (Å²) in [5, 5.41) is 11.5. The zero-order valence-electron chi connectivity index (χ0n) is 9.00. The Kier molecular flexibility index (Phi) is 2.76. The van der Waals surface area contributed by atoms with E-state index in [0.717, 1.165) is 35.4 Å². The first-order chi connectivity index (χ1) is 7.35. The van der Waals surface area contributed by atoms with E-state index in [-0.39, 0.29) is 0 Å². The second kappa shape index (κ2) is 4.21. The summed E-state index contributed by atoms with van der Waals surface area (Å²) in [4.78, 5) is 0. The predicted molar refractivity (Wildman–Crippen MR) is 61.4 cm³/mol. The standard InChI is InChI=1S/C11H15N3O/c1-3-6-12-11-9-7-8(15-2)4-5-10(9)13-14-11/h4-5,7H,3,6H2,1-2H3,(H2,12,13,14). The lowest BCUT2D eigenvalue weighted by molar-refractivity contribution is 0.415. The van der Waals surface area contributed by atoms with Gasteiger partial charge in [0.2, 0.25) is 0 Å². The summed E-state index contributed by atoms with van der Waals surface area (Å²) in [5.41, 5.74) is 1.02. The molecule has 2 aromatic rings. The third kappa shape index (κ3) is 1.88. The number of hydrogen-bond donors (Lipinski definition) is 2. The van der Waals surface area contributed by atoms with Crippen LogP contribution < -0.4 is 10.1 Å². The third-order valence-electron chi connectivity index (χ3n) is 2.31. The molecule has 0 radical (unpaired) electrons. The van der Waals surface area contributed by atoms with Crippen molar-refractivity contribution in [3.05, 3.63) is 18.2 Å². The molecule has 80 valence electrons. The van der Waals surface area contributed by atoms with Crippen molar-refractivity contribution < 1.29 is 4.74 Å². The molecule has 0 aliphatic carbocycles. The summed E-state index contributed by atoms with van der Waals surface area (Å²) in [5.74, 6) is 1.74. The predicted octanol–water partition coefficient (Wildman–Crippen LogP) is 2.39. The fourth-order valence-electron chi connectivity index (χ4n) is 1.50. The van der Waals surface area contributed by atoms with Gasteiger partial charge in [-0.25, -0.2) is 0 Å². The molecule has 0 fully saturated rings. The molecule has 15 heavy (non-hydrogen) atoms. The molecule has 0 saturated carbocycles. The number of methoxy groups -OCH3 is 1. The quantitative estimate of drug-likeness (QED) is 0.805. The van der Waals surface area contributed by atoms with E-state index < -0.39 is 0 Å². The summed E-state index contributed by atoms with van der Waals surface area (Å²) in [6.07, 6.45) is 1.08. The molecule has 0 saturated heterocycles. The largest absolute Gasteiger partial charge is 0.497 e. The molecule has 0 spiro atoms. The van der Waals surface area contributed by atoms with E-state index in [1.807, 2.05) is 18.2 Å². The zero-order chi connectivity index (χ0) is 10.7. The van der Waals surface area contributed by atoms with Crippen molar-refractivity contribution in [1.82, 2.24) is 10.2 Å². The first-order valence-electron chi connectivity index (χ1n) is 5.11. The van der Waals surface area contributed by atoms with E-state index in [1.165, 1.54) is 0 Å². The molecule has 0 aliphatic rings. The fraction of sp³-hybridized carbons (Fsp3) is 0.364. The molecule has 0 bridgehead atoms. The van der Waals surface area contributed by atoms with E-state index in [1.54, 1.807) is 7.11 Å². The van der Waals surface area contributed by atoms with E-state index in [4.69, 9.17) is 4.74 Å². The molecule has 2 N–H and O–H groups in total. The molecule has 2 rings (SSSR count). The zero-order valence-corrected chi connectivity index (χ0v) is 9.00. The van der Waals surface area contributed by atoms with Crippen LogP contribution in [0.15, 0.2) is 18.2 Å². The van der Waals surface area contributed by atoms with E-state index in [0.29, 0.717) is 0 Å². The van der Waals surface area contributed by atoms with Gasteiger partial charge in [-0.15, -0.1) is 0 Å². The lowest BCUT2D eigenvalue weighted by Crippen LogP contribution is -1.99. The Morgan fingerprint density at radius 1 is 1.47 bits per heavy atom. The molecule has 4 heteroatoms. The van der Waals surface area contributed by atoms with Crippen molar-refractivity contribution in [2.75, 3.05) is 19.0 Å². The fourth-order valence-corrected chi connectivity index (χ4v) is 1.50. The second-order valence-corrected chi connectivity index (χ2v) is 3.41. The number of nitrogens with zero attached hydrogens (tertiary/aromatic N) is 1. The molecule has 0 atom stereocenters. The maximum Gasteiger partial charge on any atom is 0.155 e. The van der Waals surface area contributed by atoms with Gasteiger partial charge in [0.15, 0.2) is 5.82 Å². The maximum atomic E-state index is 5.18. The summed E-state index contributed by atoms with van der Waals surface area (Å²) < 4.78 is 5.18. The van der Waals surface area contributed by atoms with Crippen LogP contribution in [0.3, 0.4) is 0 Å². The minimum Gasteiger partial charge on any atom is -0.497 e. The Balaban J connectivity index is 2.38. The Bertz CT molecular complexity index is 450. The number of hydrogen-bond acceptors (Lipinski definition) is 3. The number of anilines is 1. The minimum atomic E-state index is 0.850. The van der Waals surface area contributed by atoms with E-state index in [2.05, 4.69) is 22.4 Å². The number of fused-ring (bicyclic) bond motifs is 1. The lowest BCUT2D eigenvalue weighted by atomic mass is 10.2. The van der Waals surface area contributed by atoms with Crippen LogP contribution in [0.5, 0.6) is 5.75 Å². The summed E-state index contributed by atoms with van der Waals surface area (Å²) in [6.45, 7) is 3.06. The number of rotatable bonds is 4. The number of H-pyrrole nitrogens is 1. The number of aromatic amines is 1. The minimum absolute atomic E-state index is 0.850. The van der Waals surface area contributed by atoms with Crippen molar-refractivity contribution >= 4 is 16.7 Å². The summed E-state index contributed by atoms with van der Waals surface area (Å²) in [6, 6.07) is 5.87. The van der Waals surface area contributed by atoms with Crippen molar-refractivity contribution in [3.8, 4) is 5.75 Å². The van der Waals surface area contributed by atoms with Crippen LogP contribution in [0, 0.1) is 0 Å². The molecule has 1 aromatic heterocycles. The Morgan fingerprint density at radius 3 is 3.07 bits per heavy atom. The highest BCUT2D eigenvalue weighted by molar-refractivity contribution is 5.90. The number of ether oxygens (including phenoxy) is 1.